The van der Waals surface area contributed by atoms with Crippen LogP contribution in [-0.4, -0.2) is 30.1 Å². The van der Waals surface area contributed by atoms with Crippen molar-refractivity contribution in [3.8, 4) is 11.5 Å². The molecule has 3 heterocycles. The van der Waals surface area contributed by atoms with Crippen molar-refractivity contribution in [3.05, 3.63) is 64.7 Å². The molecule has 7 nitrogen and oxygen atoms in total. The Hall–Kier alpha value is -3.26. The maximum atomic E-state index is 13.5. The van der Waals surface area contributed by atoms with Crippen LogP contribution in [0.4, 0.5) is 5.69 Å². The standard InChI is InChI=1S/C21H16N2O5S/c1-27-11-6-4-5-10(9-11)23-19(24)15-14-12-7-2-3-8-13(12)28-21(26)16(14)18(22)29-17(15)20(23)25/h2-9,14-15,17H,22H2,1H3/t14-,15+,17-/m1/s1. The lowest BCUT2D eigenvalue weighted by molar-refractivity contribution is -0.131. The molecule has 0 radical (unpaired) electrons. The van der Waals surface area contributed by atoms with Crippen molar-refractivity contribution in [2.24, 2.45) is 11.7 Å². The molecule has 0 unspecified atom stereocenters. The van der Waals surface area contributed by atoms with Crippen LogP contribution in [-0.2, 0) is 14.4 Å². The SMILES string of the molecule is COc1cccc(N2C(=O)[C@H]3[C@@H]4C(=C(N)S[C@H]3C2=O)C(=O)Oc2ccccc24)c1. The largest absolute Gasteiger partial charge is 0.497 e. The average molecular weight is 408 g/mol. The molecule has 0 spiro atoms. The van der Waals surface area contributed by atoms with Crippen molar-refractivity contribution in [1.29, 1.82) is 0 Å². The number of hydrogen-bond acceptors (Lipinski definition) is 7. The van der Waals surface area contributed by atoms with Gasteiger partial charge in [0.05, 0.1) is 29.3 Å². The Labute approximate surface area is 170 Å². The predicted octanol–water partition coefficient (Wildman–Crippen LogP) is 2.17. The summed E-state index contributed by atoms with van der Waals surface area (Å²) in [5.41, 5.74) is 7.54. The number of para-hydroxylation sites is 1. The van der Waals surface area contributed by atoms with Gasteiger partial charge >= 0.3 is 5.97 Å². The summed E-state index contributed by atoms with van der Waals surface area (Å²) in [4.78, 5) is 40.5. The number of carbonyl (C=O) groups is 3. The number of nitrogens with zero attached hydrogens (tertiary/aromatic N) is 1. The zero-order chi connectivity index (χ0) is 20.3. The summed E-state index contributed by atoms with van der Waals surface area (Å²) >= 11 is 1.05. The molecule has 2 aromatic carbocycles. The molecule has 5 rings (SSSR count). The fraction of sp³-hybridized carbons (Fsp3) is 0.190. The average Bonchev–Trinajstić information content (AvgIpc) is 2.97. The topological polar surface area (TPSA) is 98.9 Å². The first-order valence-corrected chi connectivity index (χ1v) is 9.88. The second-order valence-corrected chi connectivity index (χ2v) is 8.14. The lowest BCUT2D eigenvalue weighted by Crippen LogP contribution is -2.39. The summed E-state index contributed by atoms with van der Waals surface area (Å²) in [5.74, 6) is -1.71. The molecule has 146 valence electrons. The number of imide groups is 1. The second-order valence-electron chi connectivity index (χ2n) is 6.96. The van der Waals surface area contributed by atoms with Gasteiger partial charge in [0.25, 0.3) is 0 Å². The van der Waals surface area contributed by atoms with Crippen LogP contribution in [0.1, 0.15) is 11.5 Å². The van der Waals surface area contributed by atoms with E-state index >= 15 is 0 Å². The first-order chi connectivity index (χ1) is 14.0. The van der Waals surface area contributed by atoms with Gasteiger partial charge in [-0.15, -0.1) is 0 Å². The van der Waals surface area contributed by atoms with E-state index in [-0.39, 0.29) is 22.4 Å². The highest BCUT2D eigenvalue weighted by Crippen LogP contribution is 2.54. The minimum absolute atomic E-state index is 0.226. The number of amides is 2. The van der Waals surface area contributed by atoms with Crippen LogP contribution in [0.3, 0.4) is 0 Å². The summed E-state index contributed by atoms with van der Waals surface area (Å²) < 4.78 is 10.6. The van der Waals surface area contributed by atoms with E-state index in [1.807, 2.05) is 6.07 Å². The van der Waals surface area contributed by atoms with Gasteiger partial charge in [0.2, 0.25) is 11.8 Å². The quantitative estimate of drug-likeness (QED) is 0.462. The van der Waals surface area contributed by atoms with Gasteiger partial charge < -0.3 is 15.2 Å². The molecule has 1 saturated heterocycles. The molecule has 0 saturated carbocycles. The van der Waals surface area contributed by atoms with Crippen LogP contribution >= 0.6 is 11.8 Å². The third-order valence-corrected chi connectivity index (χ3v) is 6.70. The van der Waals surface area contributed by atoms with Gasteiger partial charge in [-0.25, -0.2) is 9.69 Å². The number of methoxy groups -OCH3 is 1. The van der Waals surface area contributed by atoms with Crippen molar-refractivity contribution < 1.29 is 23.9 Å². The van der Waals surface area contributed by atoms with Gasteiger partial charge in [0.1, 0.15) is 16.7 Å². The zero-order valence-electron chi connectivity index (χ0n) is 15.3. The minimum Gasteiger partial charge on any atom is -0.497 e. The molecule has 3 aliphatic heterocycles. The van der Waals surface area contributed by atoms with Crippen LogP contribution in [0.15, 0.2) is 59.1 Å². The highest BCUT2D eigenvalue weighted by atomic mass is 32.2. The first kappa shape index (κ1) is 17.8. The number of fused-ring (bicyclic) bond motifs is 5. The number of benzene rings is 2. The molecule has 29 heavy (non-hydrogen) atoms. The molecule has 3 aliphatic rings. The molecule has 2 aromatic rings. The van der Waals surface area contributed by atoms with Crippen molar-refractivity contribution in [2.45, 2.75) is 11.2 Å². The highest BCUT2D eigenvalue weighted by molar-refractivity contribution is 8.04. The molecule has 0 aromatic heterocycles. The molecule has 1 fully saturated rings. The van der Waals surface area contributed by atoms with E-state index in [1.54, 1.807) is 42.5 Å². The van der Waals surface area contributed by atoms with Crippen molar-refractivity contribution in [1.82, 2.24) is 0 Å². The fourth-order valence-corrected chi connectivity index (χ4v) is 5.45. The Kier molecular flexibility index (Phi) is 3.92. The normalized spacial score (nSPS) is 25.3. The maximum absolute atomic E-state index is 13.5. The Bertz CT molecular complexity index is 1110. The van der Waals surface area contributed by atoms with Crippen LogP contribution in [0, 0.1) is 5.92 Å². The fourth-order valence-electron chi connectivity index (χ4n) is 4.21. The van der Waals surface area contributed by atoms with E-state index < -0.39 is 23.1 Å². The number of thioether (sulfide) groups is 1. The van der Waals surface area contributed by atoms with E-state index in [1.165, 1.54) is 12.0 Å². The third-order valence-electron chi connectivity index (χ3n) is 5.47. The van der Waals surface area contributed by atoms with Gasteiger partial charge in [-0.2, -0.15) is 0 Å². The van der Waals surface area contributed by atoms with Gasteiger partial charge in [-0.1, -0.05) is 36.0 Å². The molecule has 2 amide bonds. The van der Waals surface area contributed by atoms with Crippen LogP contribution in [0.5, 0.6) is 11.5 Å². The smallest absolute Gasteiger partial charge is 0.342 e. The van der Waals surface area contributed by atoms with E-state index in [9.17, 15) is 14.4 Å². The highest BCUT2D eigenvalue weighted by Gasteiger charge is 2.58. The Morgan fingerprint density at radius 1 is 1.07 bits per heavy atom. The van der Waals surface area contributed by atoms with E-state index in [4.69, 9.17) is 15.2 Å². The molecule has 0 aliphatic carbocycles. The lowest BCUT2D eigenvalue weighted by atomic mass is 9.77. The summed E-state index contributed by atoms with van der Waals surface area (Å²) in [7, 11) is 1.52. The summed E-state index contributed by atoms with van der Waals surface area (Å²) in [5, 5.41) is -0.481. The number of anilines is 1. The lowest BCUT2D eigenvalue weighted by Gasteiger charge is -2.36. The van der Waals surface area contributed by atoms with Crippen molar-refractivity contribution >= 4 is 35.2 Å². The Morgan fingerprint density at radius 2 is 1.86 bits per heavy atom. The predicted molar refractivity (Wildman–Crippen MR) is 106 cm³/mol. The van der Waals surface area contributed by atoms with Crippen LogP contribution < -0.4 is 20.1 Å². The van der Waals surface area contributed by atoms with Crippen molar-refractivity contribution in [3.63, 3.8) is 0 Å². The molecular formula is C21H16N2O5S. The molecule has 3 atom stereocenters. The minimum atomic E-state index is -0.741. The summed E-state index contributed by atoms with van der Waals surface area (Å²) in [6.45, 7) is 0. The monoisotopic (exact) mass is 408 g/mol. The zero-order valence-corrected chi connectivity index (χ0v) is 16.1. The Morgan fingerprint density at radius 3 is 2.66 bits per heavy atom. The van der Waals surface area contributed by atoms with Crippen LogP contribution in [0.2, 0.25) is 0 Å². The van der Waals surface area contributed by atoms with Gasteiger partial charge in [-0.3, -0.25) is 9.59 Å². The molecule has 8 heteroatoms. The number of hydrogen-bond donors (Lipinski definition) is 1. The van der Waals surface area contributed by atoms with E-state index in [0.717, 1.165) is 11.8 Å². The Balaban J connectivity index is 1.64. The number of esters is 1. The number of carbonyl (C=O) groups excluding carboxylic acids is 3. The van der Waals surface area contributed by atoms with E-state index in [0.29, 0.717) is 22.7 Å². The molecular weight excluding hydrogens is 392 g/mol. The summed E-state index contributed by atoms with van der Waals surface area (Å²) in [6.07, 6.45) is 0. The number of nitrogens with two attached hydrogens (primary N) is 1. The van der Waals surface area contributed by atoms with Crippen molar-refractivity contribution in [2.75, 3.05) is 12.0 Å². The van der Waals surface area contributed by atoms with Crippen LogP contribution in [0.25, 0.3) is 0 Å². The molecule has 2 N–H and O–H groups in total. The van der Waals surface area contributed by atoms with Gasteiger partial charge in [0, 0.05) is 17.5 Å². The summed E-state index contributed by atoms with van der Waals surface area (Å²) in [6, 6.07) is 13.8. The second kappa shape index (κ2) is 6.38. The third kappa shape index (κ3) is 2.49. The molecule has 0 bridgehead atoms. The number of rotatable bonds is 2. The maximum Gasteiger partial charge on any atom is 0.342 e. The van der Waals surface area contributed by atoms with Gasteiger partial charge in [0.15, 0.2) is 0 Å². The number of ether oxygens (including phenoxy) is 2. The van der Waals surface area contributed by atoms with E-state index in [2.05, 4.69) is 0 Å². The first-order valence-electron chi connectivity index (χ1n) is 9.00. The van der Waals surface area contributed by atoms with Gasteiger partial charge in [-0.05, 0) is 18.2 Å².